The molecule has 28 heavy (non-hydrogen) atoms. The number of aryl methyl sites for hydroxylation is 1. The second kappa shape index (κ2) is 7.80. The largest absolute Gasteiger partial charge is 0.372 e. The van der Waals surface area contributed by atoms with Crippen molar-refractivity contribution in [3.8, 4) is 0 Å². The molecule has 0 aliphatic rings. The van der Waals surface area contributed by atoms with E-state index in [4.69, 9.17) is 4.52 Å². The Morgan fingerprint density at radius 2 is 1.82 bits per heavy atom. The maximum absolute atomic E-state index is 14.3. The van der Waals surface area contributed by atoms with Crippen molar-refractivity contribution in [1.29, 1.82) is 0 Å². The van der Waals surface area contributed by atoms with Crippen molar-refractivity contribution >= 4 is 11.7 Å². The van der Waals surface area contributed by atoms with Crippen molar-refractivity contribution in [2.45, 2.75) is 33.2 Å². The van der Waals surface area contributed by atoms with Gasteiger partial charge in [0.2, 0.25) is 0 Å². The molecule has 0 fully saturated rings. The summed E-state index contributed by atoms with van der Waals surface area (Å²) < 4.78 is 33.5. The number of anilines is 1. The highest BCUT2D eigenvalue weighted by atomic mass is 19.1. The lowest BCUT2D eigenvalue weighted by molar-refractivity contribution is 0.210. The summed E-state index contributed by atoms with van der Waals surface area (Å²) in [5.41, 5.74) is 0.516. The second-order valence-corrected chi connectivity index (χ2v) is 6.73. The average Bonchev–Trinajstić information content (AvgIpc) is 2.92. The zero-order chi connectivity index (χ0) is 20.4. The van der Waals surface area contributed by atoms with Crippen molar-refractivity contribution in [1.82, 2.24) is 4.74 Å². The molecule has 1 aromatic heterocycles. The molecule has 7 heteroatoms. The summed E-state index contributed by atoms with van der Waals surface area (Å²) in [5, 5.41) is 0. The molecule has 0 unspecified atom stereocenters. The highest BCUT2D eigenvalue weighted by Gasteiger charge is 2.28. The number of carbonyl (C=O) groups excluding carboxylic acids is 1. The summed E-state index contributed by atoms with van der Waals surface area (Å²) in [4.78, 5) is 26.9. The van der Waals surface area contributed by atoms with Gasteiger partial charge in [-0.25, -0.2) is 13.6 Å². The molecule has 0 bridgehead atoms. The van der Waals surface area contributed by atoms with Gasteiger partial charge in [-0.1, -0.05) is 35.1 Å². The zero-order valence-electron chi connectivity index (χ0n) is 15.8. The van der Waals surface area contributed by atoms with Crippen LogP contribution < -0.4 is 10.5 Å². The van der Waals surface area contributed by atoms with Crippen LogP contribution in [-0.2, 0) is 6.42 Å². The molecule has 5 nitrogen and oxygen atoms in total. The molecule has 0 aliphatic heterocycles. The van der Waals surface area contributed by atoms with E-state index in [0.717, 1.165) is 22.6 Å². The fourth-order valence-corrected chi connectivity index (χ4v) is 3.01. The minimum Gasteiger partial charge on any atom is -0.372 e. The first-order valence-corrected chi connectivity index (χ1v) is 8.84. The fraction of sp³-hybridized carbons (Fsp3) is 0.238. The summed E-state index contributed by atoms with van der Waals surface area (Å²) in [6.07, 6.45) is 0.307. The van der Waals surface area contributed by atoms with Crippen LogP contribution in [0.25, 0.3) is 0 Å². The van der Waals surface area contributed by atoms with Gasteiger partial charge >= 0.3 is 6.03 Å². The van der Waals surface area contributed by atoms with Crippen LogP contribution in [0.5, 0.6) is 0 Å². The standard InChI is InChI=1S/C21H20F2N2O3/c1-13(2)24(19-10-9-16(22)12-18(19)23)21(27)25-20(26)17(14(3)28-25)11-15-7-5-4-6-8-15/h4-10,12-13H,11H2,1-3H3. The van der Waals surface area contributed by atoms with Crippen LogP contribution >= 0.6 is 0 Å². The molecular weight excluding hydrogens is 366 g/mol. The van der Waals surface area contributed by atoms with Crippen LogP contribution in [0.15, 0.2) is 57.8 Å². The topological polar surface area (TPSA) is 55.5 Å². The van der Waals surface area contributed by atoms with Gasteiger partial charge in [-0.15, -0.1) is 0 Å². The molecule has 0 radical (unpaired) electrons. The monoisotopic (exact) mass is 386 g/mol. The van der Waals surface area contributed by atoms with Crippen molar-refractivity contribution in [3.05, 3.63) is 87.4 Å². The number of amides is 1. The Kier molecular flexibility index (Phi) is 5.44. The number of benzene rings is 2. The smallest absolute Gasteiger partial charge is 0.365 e. The summed E-state index contributed by atoms with van der Waals surface area (Å²) in [5.74, 6) is -1.35. The molecule has 3 rings (SSSR count). The van der Waals surface area contributed by atoms with E-state index in [1.54, 1.807) is 20.8 Å². The molecule has 2 aromatic carbocycles. The highest BCUT2D eigenvalue weighted by molar-refractivity contribution is 5.93. The van der Waals surface area contributed by atoms with Crippen LogP contribution in [0.2, 0.25) is 0 Å². The second-order valence-electron chi connectivity index (χ2n) is 6.73. The van der Waals surface area contributed by atoms with Gasteiger partial charge in [0.25, 0.3) is 5.56 Å². The number of rotatable bonds is 4. The van der Waals surface area contributed by atoms with Crippen LogP contribution in [0.4, 0.5) is 19.3 Å². The SMILES string of the molecule is Cc1on(C(=O)N(c2ccc(F)cc2F)C(C)C)c(=O)c1Cc1ccccc1. The fourth-order valence-electron chi connectivity index (χ4n) is 3.01. The Labute approximate surface area is 160 Å². The molecule has 0 aliphatic carbocycles. The summed E-state index contributed by atoms with van der Waals surface area (Å²) in [6, 6.07) is 10.9. The first-order chi connectivity index (χ1) is 13.3. The third-order valence-electron chi connectivity index (χ3n) is 4.39. The van der Waals surface area contributed by atoms with Gasteiger partial charge in [0.05, 0.1) is 11.3 Å². The molecule has 146 valence electrons. The average molecular weight is 386 g/mol. The normalized spacial score (nSPS) is 11.1. The van der Waals surface area contributed by atoms with E-state index in [0.29, 0.717) is 28.6 Å². The third kappa shape index (κ3) is 3.74. The van der Waals surface area contributed by atoms with E-state index >= 15 is 0 Å². The van der Waals surface area contributed by atoms with E-state index in [1.807, 2.05) is 30.3 Å². The van der Waals surface area contributed by atoms with E-state index in [2.05, 4.69) is 0 Å². The first kappa shape index (κ1) is 19.5. The van der Waals surface area contributed by atoms with Crippen molar-refractivity contribution in [3.63, 3.8) is 0 Å². The van der Waals surface area contributed by atoms with Crippen LogP contribution in [0, 0.1) is 18.6 Å². The Bertz CT molecular complexity index is 1060. The zero-order valence-corrected chi connectivity index (χ0v) is 15.8. The summed E-state index contributed by atoms with van der Waals surface area (Å²) >= 11 is 0. The van der Waals surface area contributed by atoms with E-state index in [1.165, 1.54) is 0 Å². The van der Waals surface area contributed by atoms with Crippen LogP contribution in [-0.4, -0.2) is 16.8 Å². The number of nitrogens with zero attached hydrogens (tertiary/aromatic N) is 2. The lowest BCUT2D eigenvalue weighted by Crippen LogP contribution is -2.43. The van der Waals surface area contributed by atoms with Gasteiger partial charge in [0, 0.05) is 18.5 Å². The van der Waals surface area contributed by atoms with Crippen LogP contribution in [0.1, 0.15) is 30.7 Å². The number of aromatic nitrogens is 1. The Hall–Kier alpha value is -3.22. The van der Waals surface area contributed by atoms with Crippen molar-refractivity contribution in [2.75, 3.05) is 4.90 Å². The maximum atomic E-state index is 14.3. The van der Waals surface area contributed by atoms with E-state index < -0.39 is 29.3 Å². The first-order valence-electron chi connectivity index (χ1n) is 8.84. The molecular formula is C21H20F2N2O3. The van der Waals surface area contributed by atoms with Gasteiger partial charge in [0.1, 0.15) is 17.4 Å². The highest BCUT2D eigenvalue weighted by Crippen LogP contribution is 2.23. The quantitative estimate of drug-likeness (QED) is 0.663. The van der Waals surface area contributed by atoms with Gasteiger partial charge in [-0.2, -0.15) is 0 Å². The minimum atomic E-state index is -0.900. The lowest BCUT2D eigenvalue weighted by Gasteiger charge is -2.26. The Morgan fingerprint density at radius 1 is 1.14 bits per heavy atom. The molecule has 0 saturated heterocycles. The van der Waals surface area contributed by atoms with Gasteiger partial charge in [-0.3, -0.25) is 9.69 Å². The lowest BCUT2D eigenvalue weighted by atomic mass is 10.1. The minimum absolute atomic E-state index is 0.132. The molecule has 0 saturated carbocycles. The predicted octanol–water partition coefficient (Wildman–Crippen LogP) is 4.50. The third-order valence-corrected chi connectivity index (χ3v) is 4.39. The summed E-state index contributed by atoms with van der Waals surface area (Å²) in [7, 11) is 0. The molecule has 0 N–H and O–H groups in total. The van der Waals surface area contributed by atoms with Crippen LogP contribution in [0.3, 0.4) is 0 Å². The number of hydrogen-bond donors (Lipinski definition) is 0. The van der Waals surface area contributed by atoms with E-state index in [9.17, 15) is 18.4 Å². The molecule has 1 heterocycles. The molecule has 3 aromatic rings. The number of carbonyl (C=O) groups is 1. The predicted molar refractivity (Wildman–Crippen MR) is 102 cm³/mol. The molecule has 1 amide bonds. The van der Waals surface area contributed by atoms with Gasteiger partial charge in [-0.05, 0) is 38.5 Å². The summed E-state index contributed by atoms with van der Waals surface area (Å²) in [6.45, 7) is 4.92. The number of hydrogen-bond acceptors (Lipinski definition) is 3. The van der Waals surface area contributed by atoms with E-state index in [-0.39, 0.29) is 5.69 Å². The van der Waals surface area contributed by atoms with Crippen molar-refractivity contribution < 1.29 is 18.1 Å². The Balaban J connectivity index is 2.01. The number of halogens is 2. The maximum Gasteiger partial charge on any atom is 0.365 e. The molecule has 0 spiro atoms. The van der Waals surface area contributed by atoms with Gasteiger partial charge in [0.15, 0.2) is 0 Å². The Morgan fingerprint density at radius 3 is 2.43 bits per heavy atom. The van der Waals surface area contributed by atoms with Gasteiger partial charge < -0.3 is 4.52 Å². The van der Waals surface area contributed by atoms with Crippen molar-refractivity contribution in [2.24, 2.45) is 0 Å². The molecule has 0 atom stereocenters.